The molecule has 6 heteroatoms. The molecule has 0 unspecified atom stereocenters. The average Bonchev–Trinajstić information content (AvgIpc) is 3.22. The highest BCUT2D eigenvalue weighted by Gasteiger charge is 2.13. The molecule has 0 bridgehead atoms. The van der Waals surface area contributed by atoms with E-state index in [-0.39, 0.29) is 0 Å². The van der Waals surface area contributed by atoms with Gasteiger partial charge in [0.2, 0.25) is 0 Å². The van der Waals surface area contributed by atoms with Crippen LogP contribution in [0.15, 0.2) is 42.5 Å². The number of hydrogen-bond donors (Lipinski definition) is 1. The van der Waals surface area contributed by atoms with Crippen molar-refractivity contribution in [2.24, 2.45) is 0 Å². The number of aryl methyl sites for hydroxylation is 1. The maximum Gasteiger partial charge on any atom is 0.145 e. The monoisotopic (exact) mass is 429 g/mol. The SMILES string of the molecule is Cc1cc(NCc2ccc(Cl)c(Cl)c2)c2cccc(OCCN3CCCC3)c2n1. The van der Waals surface area contributed by atoms with Gasteiger partial charge in [0.1, 0.15) is 17.9 Å². The third-order valence-corrected chi connectivity index (χ3v) is 6.00. The van der Waals surface area contributed by atoms with E-state index in [1.165, 1.54) is 25.9 Å². The fourth-order valence-electron chi connectivity index (χ4n) is 3.75. The quantitative estimate of drug-likeness (QED) is 0.504. The first kappa shape index (κ1) is 20.3. The summed E-state index contributed by atoms with van der Waals surface area (Å²) in [5.41, 5.74) is 3.94. The first-order valence-corrected chi connectivity index (χ1v) is 10.8. The van der Waals surface area contributed by atoms with Crippen LogP contribution >= 0.6 is 23.2 Å². The summed E-state index contributed by atoms with van der Waals surface area (Å²) in [4.78, 5) is 7.20. The van der Waals surface area contributed by atoms with Crippen LogP contribution in [0.5, 0.6) is 5.75 Å². The van der Waals surface area contributed by atoms with Gasteiger partial charge in [-0.3, -0.25) is 4.90 Å². The number of anilines is 1. The Morgan fingerprint density at radius 2 is 1.90 bits per heavy atom. The predicted molar refractivity (Wildman–Crippen MR) is 121 cm³/mol. The Morgan fingerprint density at radius 3 is 2.69 bits per heavy atom. The van der Waals surface area contributed by atoms with Gasteiger partial charge in [-0.1, -0.05) is 41.4 Å². The minimum Gasteiger partial charge on any atom is -0.490 e. The van der Waals surface area contributed by atoms with Crippen LogP contribution in [0.1, 0.15) is 24.1 Å². The molecule has 29 heavy (non-hydrogen) atoms. The van der Waals surface area contributed by atoms with Gasteiger partial charge >= 0.3 is 0 Å². The normalized spacial score (nSPS) is 14.4. The van der Waals surface area contributed by atoms with E-state index in [1.54, 1.807) is 0 Å². The van der Waals surface area contributed by atoms with E-state index in [4.69, 9.17) is 32.9 Å². The van der Waals surface area contributed by atoms with Gasteiger partial charge in [0.05, 0.1) is 10.0 Å². The summed E-state index contributed by atoms with van der Waals surface area (Å²) in [6, 6.07) is 13.9. The maximum absolute atomic E-state index is 6.14. The lowest BCUT2D eigenvalue weighted by Crippen LogP contribution is -2.25. The number of hydrogen-bond acceptors (Lipinski definition) is 4. The Balaban J connectivity index is 1.52. The number of rotatable bonds is 7. The van der Waals surface area contributed by atoms with E-state index in [9.17, 15) is 0 Å². The van der Waals surface area contributed by atoms with Crippen LogP contribution in [-0.4, -0.2) is 36.1 Å². The molecule has 1 fully saturated rings. The van der Waals surface area contributed by atoms with Crippen LogP contribution in [-0.2, 0) is 6.54 Å². The number of aromatic nitrogens is 1. The molecule has 1 aliphatic heterocycles. The van der Waals surface area contributed by atoms with E-state index in [0.29, 0.717) is 23.2 Å². The largest absolute Gasteiger partial charge is 0.490 e. The Kier molecular flexibility index (Phi) is 6.43. The molecule has 4 rings (SSSR count). The standard InChI is InChI=1S/C23H25Cl2N3O/c1-16-13-21(26-15-17-7-8-19(24)20(25)14-17)18-5-4-6-22(23(18)27-16)29-12-11-28-9-2-3-10-28/h4-8,13-14H,2-3,9-12,15H2,1H3,(H,26,27). The molecule has 1 N–H and O–H groups in total. The molecular weight excluding hydrogens is 405 g/mol. The van der Waals surface area contributed by atoms with Crippen LogP contribution < -0.4 is 10.1 Å². The van der Waals surface area contributed by atoms with Gasteiger partial charge in [-0.15, -0.1) is 0 Å². The molecular formula is C23H25Cl2N3O. The van der Waals surface area contributed by atoms with Gasteiger partial charge in [-0.05, 0) is 62.7 Å². The summed E-state index contributed by atoms with van der Waals surface area (Å²) in [7, 11) is 0. The Hall–Kier alpha value is -2.01. The van der Waals surface area contributed by atoms with E-state index in [2.05, 4.69) is 22.3 Å². The van der Waals surface area contributed by atoms with E-state index in [0.717, 1.165) is 40.1 Å². The van der Waals surface area contributed by atoms with Crippen molar-refractivity contribution in [3.05, 3.63) is 63.8 Å². The number of halogens is 2. The summed E-state index contributed by atoms with van der Waals surface area (Å²) in [6.45, 7) is 6.66. The molecule has 0 amide bonds. The lowest BCUT2D eigenvalue weighted by Gasteiger charge is -2.17. The Morgan fingerprint density at radius 1 is 1.07 bits per heavy atom. The molecule has 0 saturated carbocycles. The van der Waals surface area contributed by atoms with Crippen LogP contribution in [0, 0.1) is 6.92 Å². The number of benzene rings is 2. The average molecular weight is 430 g/mol. The molecule has 1 aliphatic rings. The summed E-state index contributed by atoms with van der Waals surface area (Å²) in [6.07, 6.45) is 2.59. The number of para-hydroxylation sites is 1. The topological polar surface area (TPSA) is 37.4 Å². The van der Waals surface area contributed by atoms with Gasteiger partial charge in [0, 0.05) is 29.9 Å². The highest BCUT2D eigenvalue weighted by atomic mass is 35.5. The minimum atomic E-state index is 0.565. The van der Waals surface area contributed by atoms with E-state index < -0.39 is 0 Å². The molecule has 0 atom stereocenters. The predicted octanol–water partition coefficient (Wildman–Crippen LogP) is 5.94. The van der Waals surface area contributed by atoms with Crippen molar-refractivity contribution in [2.45, 2.75) is 26.3 Å². The van der Waals surface area contributed by atoms with E-state index in [1.807, 2.05) is 37.3 Å². The lowest BCUT2D eigenvalue weighted by atomic mass is 10.1. The lowest BCUT2D eigenvalue weighted by molar-refractivity contribution is 0.239. The number of ether oxygens (including phenoxy) is 1. The number of pyridine rings is 1. The van der Waals surface area contributed by atoms with Crippen molar-refractivity contribution >= 4 is 39.8 Å². The molecule has 4 nitrogen and oxygen atoms in total. The number of nitrogens with zero attached hydrogens (tertiary/aromatic N) is 2. The highest BCUT2D eigenvalue weighted by Crippen LogP contribution is 2.31. The van der Waals surface area contributed by atoms with Crippen LogP contribution in [0.4, 0.5) is 5.69 Å². The highest BCUT2D eigenvalue weighted by molar-refractivity contribution is 6.42. The molecule has 0 spiro atoms. The fraction of sp³-hybridized carbons (Fsp3) is 0.348. The fourth-order valence-corrected chi connectivity index (χ4v) is 4.07. The van der Waals surface area contributed by atoms with Crippen molar-refractivity contribution in [1.82, 2.24) is 9.88 Å². The number of nitrogens with one attached hydrogen (secondary N) is 1. The summed E-state index contributed by atoms with van der Waals surface area (Å²) in [5.74, 6) is 0.836. The van der Waals surface area contributed by atoms with Gasteiger partial charge in [-0.25, -0.2) is 4.98 Å². The Bertz CT molecular complexity index is 1000. The van der Waals surface area contributed by atoms with Gasteiger partial charge in [0.25, 0.3) is 0 Å². The zero-order valence-electron chi connectivity index (χ0n) is 16.5. The summed E-state index contributed by atoms with van der Waals surface area (Å²) < 4.78 is 6.12. The van der Waals surface area contributed by atoms with Gasteiger partial charge < -0.3 is 10.1 Å². The maximum atomic E-state index is 6.14. The first-order valence-electron chi connectivity index (χ1n) is 10.0. The summed E-state index contributed by atoms with van der Waals surface area (Å²) in [5, 5.41) is 5.70. The van der Waals surface area contributed by atoms with E-state index >= 15 is 0 Å². The number of fused-ring (bicyclic) bond motifs is 1. The van der Waals surface area contributed by atoms with Crippen molar-refractivity contribution < 1.29 is 4.74 Å². The number of likely N-dealkylation sites (tertiary alicyclic amines) is 1. The summed E-state index contributed by atoms with van der Waals surface area (Å²) >= 11 is 12.2. The van der Waals surface area contributed by atoms with Crippen molar-refractivity contribution in [3.63, 3.8) is 0 Å². The molecule has 152 valence electrons. The van der Waals surface area contributed by atoms with Crippen LogP contribution in [0.3, 0.4) is 0 Å². The second-order valence-corrected chi connectivity index (χ2v) is 8.28. The smallest absolute Gasteiger partial charge is 0.145 e. The van der Waals surface area contributed by atoms with Crippen molar-refractivity contribution in [2.75, 3.05) is 31.6 Å². The zero-order chi connectivity index (χ0) is 20.2. The third kappa shape index (κ3) is 4.95. The molecule has 1 saturated heterocycles. The molecule has 0 aliphatic carbocycles. The second kappa shape index (κ2) is 9.21. The third-order valence-electron chi connectivity index (χ3n) is 5.26. The molecule has 2 aromatic carbocycles. The first-order chi connectivity index (χ1) is 14.1. The Labute approximate surface area is 181 Å². The molecule has 2 heterocycles. The molecule has 3 aromatic rings. The van der Waals surface area contributed by atoms with Crippen molar-refractivity contribution in [1.29, 1.82) is 0 Å². The van der Waals surface area contributed by atoms with Crippen LogP contribution in [0.2, 0.25) is 10.0 Å². The van der Waals surface area contributed by atoms with Crippen LogP contribution in [0.25, 0.3) is 10.9 Å². The van der Waals surface area contributed by atoms with Crippen molar-refractivity contribution in [3.8, 4) is 5.75 Å². The molecule has 1 aromatic heterocycles. The minimum absolute atomic E-state index is 0.565. The molecule has 0 radical (unpaired) electrons. The van der Waals surface area contributed by atoms with Gasteiger partial charge in [-0.2, -0.15) is 0 Å². The second-order valence-electron chi connectivity index (χ2n) is 7.46. The zero-order valence-corrected chi connectivity index (χ0v) is 18.1. The van der Waals surface area contributed by atoms with Gasteiger partial charge in [0.15, 0.2) is 0 Å².